The molecule has 0 heterocycles. The third-order valence-electron chi connectivity index (χ3n) is 3.22. The van der Waals surface area contributed by atoms with Crippen molar-refractivity contribution in [1.29, 1.82) is 0 Å². The lowest BCUT2D eigenvalue weighted by atomic mass is 10.1. The summed E-state index contributed by atoms with van der Waals surface area (Å²) in [5.41, 5.74) is 3.66. The number of phosphoric acid groups is 2. The van der Waals surface area contributed by atoms with Crippen LogP contribution in [0.3, 0.4) is 0 Å². The van der Waals surface area contributed by atoms with Crippen molar-refractivity contribution in [2.45, 2.75) is 53.4 Å². The molecule has 0 aromatic rings. The molecule has 1 atom stereocenters. The second-order valence-corrected chi connectivity index (χ2v) is 9.11. The molecular weight excluding hydrogens is 366 g/mol. The molecule has 0 aliphatic carbocycles. The molecule has 0 aliphatic heterocycles. The predicted molar refractivity (Wildman–Crippen MR) is 99.1 cm³/mol. The molecule has 0 aromatic carbocycles. The Hall–Kier alpha value is -0.520. The SMILES string of the molecule is COP(=O)(OCC=C(C)CCC=C(C)CCC=C(C)C)OP(=O)(O)O. The highest BCUT2D eigenvalue weighted by Gasteiger charge is 2.34. The van der Waals surface area contributed by atoms with Gasteiger partial charge in [-0.05, 0) is 53.4 Å². The van der Waals surface area contributed by atoms with Crippen LogP contribution < -0.4 is 0 Å². The first-order valence-corrected chi connectivity index (χ1v) is 11.0. The van der Waals surface area contributed by atoms with Gasteiger partial charge in [0.05, 0.1) is 6.61 Å². The molecule has 0 saturated carbocycles. The highest BCUT2D eigenvalue weighted by Crippen LogP contribution is 2.60. The molecular formula is C16H30O7P2. The minimum absolute atomic E-state index is 0.125. The van der Waals surface area contributed by atoms with Gasteiger partial charge in [0, 0.05) is 7.11 Å². The van der Waals surface area contributed by atoms with E-state index in [1.165, 1.54) is 11.1 Å². The van der Waals surface area contributed by atoms with Crippen molar-refractivity contribution in [2.24, 2.45) is 0 Å². The van der Waals surface area contributed by atoms with Gasteiger partial charge in [-0.3, -0.25) is 9.05 Å². The zero-order valence-corrected chi connectivity index (χ0v) is 17.4. The summed E-state index contributed by atoms with van der Waals surface area (Å²) in [6.07, 6.45) is 9.85. The van der Waals surface area contributed by atoms with Gasteiger partial charge in [0.25, 0.3) is 0 Å². The van der Waals surface area contributed by atoms with Crippen LogP contribution in [0.5, 0.6) is 0 Å². The maximum Gasteiger partial charge on any atom is 0.483 e. The Kier molecular flexibility index (Phi) is 11.7. The van der Waals surface area contributed by atoms with Gasteiger partial charge in [0.15, 0.2) is 0 Å². The van der Waals surface area contributed by atoms with Gasteiger partial charge in [-0.1, -0.05) is 34.9 Å². The number of hydrogen-bond donors (Lipinski definition) is 2. The summed E-state index contributed by atoms with van der Waals surface area (Å²) in [7, 11) is -8.23. The zero-order chi connectivity index (χ0) is 19.5. The predicted octanol–water partition coefficient (Wildman–Crippen LogP) is 5.29. The van der Waals surface area contributed by atoms with Crippen LogP contribution in [0.25, 0.3) is 0 Å². The van der Waals surface area contributed by atoms with Crippen LogP contribution in [0.15, 0.2) is 34.9 Å². The summed E-state index contributed by atoms with van der Waals surface area (Å²) in [4.78, 5) is 17.4. The highest BCUT2D eigenvalue weighted by molar-refractivity contribution is 7.61. The monoisotopic (exact) mass is 396 g/mol. The van der Waals surface area contributed by atoms with Gasteiger partial charge in [-0.2, -0.15) is 4.31 Å². The lowest BCUT2D eigenvalue weighted by Gasteiger charge is -2.15. The van der Waals surface area contributed by atoms with Gasteiger partial charge >= 0.3 is 15.6 Å². The van der Waals surface area contributed by atoms with Crippen LogP contribution in [0, 0.1) is 0 Å². The summed E-state index contributed by atoms with van der Waals surface area (Å²) < 4.78 is 35.9. The molecule has 0 rings (SSSR count). The van der Waals surface area contributed by atoms with Crippen LogP contribution >= 0.6 is 15.6 Å². The number of allylic oxidation sites excluding steroid dienone is 5. The number of hydrogen-bond acceptors (Lipinski definition) is 5. The molecule has 1 unspecified atom stereocenters. The molecule has 146 valence electrons. The molecule has 25 heavy (non-hydrogen) atoms. The van der Waals surface area contributed by atoms with Gasteiger partial charge in [0.2, 0.25) is 0 Å². The van der Waals surface area contributed by atoms with E-state index >= 15 is 0 Å². The van der Waals surface area contributed by atoms with Crippen molar-refractivity contribution >= 4 is 15.6 Å². The van der Waals surface area contributed by atoms with E-state index in [0.29, 0.717) is 0 Å². The summed E-state index contributed by atoms with van der Waals surface area (Å²) in [6, 6.07) is 0. The van der Waals surface area contributed by atoms with Gasteiger partial charge in [-0.25, -0.2) is 9.13 Å². The van der Waals surface area contributed by atoms with E-state index in [-0.39, 0.29) is 6.61 Å². The lowest BCUT2D eigenvalue weighted by molar-refractivity contribution is 0.170. The number of rotatable bonds is 12. The zero-order valence-electron chi connectivity index (χ0n) is 15.6. The molecule has 9 heteroatoms. The van der Waals surface area contributed by atoms with Crippen LogP contribution in [0.2, 0.25) is 0 Å². The summed E-state index contributed by atoms with van der Waals surface area (Å²) in [5.74, 6) is 0. The first-order valence-electron chi connectivity index (χ1n) is 7.99. The molecule has 0 amide bonds. The maximum atomic E-state index is 11.8. The van der Waals surface area contributed by atoms with Crippen LogP contribution in [-0.4, -0.2) is 23.5 Å². The van der Waals surface area contributed by atoms with E-state index in [2.05, 4.69) is 41.8 Å². The molecule has 0 spiro atoms. The van der Waals surface area contributed by atoms with Crippen molar-refractivity contribution < 1.29 is 32.3 Å². The lowest BCUT2D eigenvalue weighted by Crippen LogP contribution is -1.97. The Balaban J connectivity index is 4.31. The first-order chi connectivity index (χ1) is 11.5. The normalized spacial score (nSPS) is 15.8. The quantitative estimate of drug-likeness (QED) is 0.341. The average Bonchev–Trinajstić information content (AvgIpc) is 2.45. The third-order valence-corrected chi connectivity index (χ3v) is 5.78. The fourth-order valence-corrected chi connectivity index (χ4v) is 3.71. The summed E-state index contributed by atoms with van der Waals surface area (Å²) in [6.45, 7) is 8.05. The van der Waals surface area contributed by atoms with Crippen LogP contribution in [0.1, 0.15) is 53.4 Å². The Morgan fingerprint density at radius 1 is 0.920 bits per heavy atom. The van der Waals surface area contributed by atoms with E-state index in [1.807, 2.05) is 6.92 Å². The van der Waals surface area contributed by atoms with E-state index < -0.39 is 15.6 Å². The van der Waals surface area contributed by atoms with E-state index in [4.69, 9.17) is 14.3 Å². The molecule has 0 fully saturated rings. The minimum atomic E-state index is -4.96. The van der Waals surface area contributed by atoms with Crippen molar-refractivity contribution in [2.75, 3.05) is 13.7 Å². The molecule has 2 N–H and O–H groups in total. The molecule has 0 radical (unpaired) electrons. The average molecular weight is 396 g/mol. The highest BCUT2D eigenvalue weighted by atomic mass is 31.3. The van der Waals surface area contributed by atoms with E-state index in [0.717, 1.165) is 38.4 Å². The third kappa shape index (κ3) is 14.3. The second-order valence-electron chi connectivity index (χ2n) is 5.96. The molecule has 0 saturated heterocycles. The van der Waals surface area contributed by atoms with Gasteiger partial charge < -0.3 is 9.79 Å². The molecule has 0 bridgehead atoms. The standard InChI is InChI=1S/C16H30O7P2/c1-14(2)8-6-9-15(3)10-7-11-16(4)12-13-22-25(20,21-5)23-24(17,18)19/h8,10,12H,6-7,9,11,13H2,1-5H3,(H2,17,18,19). The second kappa shape index (κ2) is 12.0. The van der Waals surface area contributed by atoms with Crippen molar-refractivity contribution in [3.8, 4) is 0 Å². The Morgan fingerprint density at radius 2 is 1.44 bits per heavy atom. The van der Waals surface area contributed by atoms with Crippen molar-refractivity contribution in [3.05, 3.63) is 34.9 Å². The minimum Gasteiger partial charge on any atom is -0.302 e. The fraction of sp³-hybridized carbons (Fsp3) is 0.625. The maximum absolute atomic E-state index is 11.8. The number of phosphoric ester groups is 1. The first kappa shape index (κ1) is 24.5. The van der Waals surface area contributed by atoms with E-state index in [1.54, 1.807) is 6.08 Å². The fourth-order valence-electron chi connectivity index (χ4n) is 1.85. The Bertz CT molecular complexity index is 583. The Labute approximate surface area is 150 Å². The smallest absolute Gasteiger partial charge is 0.302 e. The van der Waals surface area contributed by atoms with Crippen molar-refractivity contribution in [3.63, 3.8) is 0 Å². The Morgan fingerprint density at radius 3 is 1.92 bits per heavy atom. The van der Waals surface area contributed by atoms with Crippen LogP contribution in [-0.2, 0) is 22.5 Å². The molecule has 0 aromatic heterocycles. The van der Waals surface area contributed by atoms with Gasteiger partial charge in [0.1, 0.15) is 0 Å². The van der Waals surface area contributed by atoms with Crippen LogP contribution in [0.4, 0.5) is 0 Å². The largest absolute Gasteiger partial charge is 0.483 e. The molecule has 7 nitrogen and oxygen atoms in total. The van der Waals surface area contributed by atoms with Gasteiger partial charge in [-0.15, -0.1) is 0 Å². The van der Waals surface area contributed by atoms with Crippen molar-refractivity contribution in [1.82, 2.24) is 0 Å². The molecule has 0 aliphatic rings. The topological polar surface area (TPSA) is 102 Å². The summed E-state index contributed by atoms with van der Waals surface area (Å²) >= 11 is 0. The summed E-state index contributed by atoms with van der Waals surface area (Å²) in [5, 5.41) is 0. The van der Waals surface area contributed by atoms with E-state index in [9.17, 15) is 9.13 Å².